The first-order chi connectivity index (χ1) is 15.9. The third kappa shape index (κ3) is 5.43. The average Bonchev–Trinajstić information content (AvgIpc) is 3.30. The molecule has 33 heavy (non-hydrogen) atoms. The van der Waals surface area contributed by atoms with Gasteiger partial charge in [-0.3, -0.25) is 9.59 Å². The topological polar surface area (TPSA) is 59.3 Å². The van der Waals surface area contributed by atoms with E-state index in [1.165, 1.54) is 6.08 Å². The molecule has 0 saturated carbocycles. The van der Waals surface area contributed by atoms with Crippen LogP contribution in [0.2, 0.25) is 10.0 Å². The Balaban J connectivity index is 1.50. The number of hydrogen-bond acceptors (Lipinski definition) is 3. The molecule has 0 aliphatic heterocycles. The van der Waals surface area contributed by atoms with Gasteiger partial charge in [-0.05, 0) is 55.0 Å². The van der Waals surface area contributed by atoms with Crippen molar-refractivity contribution in [1.82, 2.24) is 0 Å². The number of ketones is 1. The van der Waals surface area contributed by atoms with Gasteiger partial charge in [0.15, 0.2) is 5.78 Å². The summed E-state index contributed by atoms with van der Waals surface area (Å²) in [6, 6.07) is 22.8. The predicted molar refractivity (Wildman–Crippen MR) is 133 cm³/mol. The lowest BCUT2D eigenvalue weighted by molar-refractivity contribution is -0.111. The molecule has 4 aromatic rings. The van der Waals surface area contributed by atoms with Gasteiger partial charge < -0.3 is 9.73 Å². The minimum absolute atomic E-state index is 0.232. The lowest BCUT2D eigenvalue weighted by Crippen LogP contribution is -2.12. The number of hydrogen-bond donors (Lipinski definition) is 1. The molecule has 0 saturated heterocycles. The van der Waals surface area contributed by atoms with Crippen LogP contribution in [0.1, 0.15) is 27.2 Å². The Morgan fingerprint density at radius 2 is 1.70 bits per heavy atom. The van der Waals surface area contributed by atoms with Crippen molar-refractivity contribution in [3.8, 4) is 11.3 Å². The number of aryl methyl sites for hydroxylation is 1. The Hall–Kier alpha value is -3.60. The number of benzene rings is 3. The number of rotatable bonds is 6. The molecule has 0 fully saturated rings. The molecule has 1 aromatic heterocycles. The third-order valence-electron chi connectivity index (χ3n) is 5.00. The van der Waals surface area contributed by atoms with Crippen LogP contribution in [0.3, 0.4) is 0 Å². The minimum atomic E-state index is -0.407. The molecule has 1 heterocycles. The molecule has 0 aliphatic rings. The minimum Gasteiger partial charge on any atom is -0.457 e. The Morgan fingerprint density at radius 3 is 2.45 bits per heavy atom. The summed E-state index contributed by atoms with van der Waals surface area (Å²) in [6.07, 6.45) is 2.90. The number of anilines is 1. The van der Waals surface area contributed by atoms with E-state index in [9.17, 15) is 9.59 Å². The maximum absolute atomic E-state index is 12.9. The first kappa shape index (κ1) is 22.6. The van der Waals surface area contributed by atoms with Crippen molar-refractivity contribution < 1.29 is 14.0 Å². The second kappa shape index (κ2) is 9.90. The third-order valence-corrected chi connectivity index (χ3v) is 5.64. The quantitative estimate of drug-likeness (QED) is 0.232. The Kier molecular flexibility index (Phi) is 6.78. The Bertz CT molecular complexity index is 1360. The van der Waals surface area contributed by atoms with E-state index < -0.39 is 5.91 Å². The molecular weight excluding hydrogens is 457 g/mol. The SMILES string of the molecule is Cc1ccc(-c2ccc(/C=C/C(=O)Nc3ccc(Cl)cc3C(=O)c3ccccc3)o2)cc1Cl. The summed E-state index contributed by atoms with van der Waals surface area (Å²) in [4.78, 5) is 25.4. The van der Waals surface area contributed by atoms with Crippen molar-refractivity contribution in [3.63, 3.8) is 0 Å². The first-order valence-corrected chi connectivity index (χ1v) is 10.9. The van der Waals surface area contributed by atoms with Gasteiger partial charge in [0.1, 0.15) is 11.5 Å². The zero-order valence-corrected chi connectivity index (χ0v) is 19.2. The molecule has 0 unspecified atom stereocenters. The lowest BCUT2D eigenvalue weighted by Gasteiger charge is -2.10. The van der Waals surface area contributed by atoms with E-state index in [-0.39, 0.29) is 5.78 Å². The van der Waals surface area contributed by atoms with Crippen molar-refractivity contribution in [3.05, 3.63) is 117 Å². The maximum atomic E-state index is 12.9. The summed E-state index contributed by atoms with van der Waals surface area (Å²) >= 11 is 12.3. The van der Waals surface area contributed by atoms with E-state index >= 15 is 0 Å². The van der Waals surface area contributed by atoms with Gasteiger partial charge in [0.05, 0.1) is 5.69 Å². The summed E-state index contributed by atoms with van der Waals surface area (Å²) in [6.45, 7) is 1.93. The standard InChI is InChI=1S/C27H19Cl2NO3/c1-17-7-8-19(15-23(17)29)25-13-10-21(33-25)11-14-26(31)30-24-12-9-20(28)16-22(24)27(32)18-5-3-2-4-6-18/h2-16H,1H3,(H,30,31)/b14-11+. The predicted octanol–water partition coefficient (Wildman–Crippen LogP) is 7.44. The fraction of sp³-hybridized carbons (Fsp3) is 0.0370. The van der Waals surface area contributed by atoms with Crippen LogP contribution in [-0.4, -0.2) is 11.7 Å². The zero-order chi connectivity index (χ0) is 23.4. The molecule has 0 spiro atoms. The second-order valence-corrected chi connectivity index (χ2v) is 8.22. The number of halogens is 2. The van der Waals surface area contributed by atoms with Crippen LogP contribution in [0.15, 0.2) is 89.4 Å². The van der Waals surface area contributed by atoms with Crippen LogP contribution in [-0.2, 0) is 4.79 Å². The molecule has 0 atom stereocenters. The van der Waals surface area contributed by atoms with E-state index in [0.717, 1.165) is 11.1 Å². The zero-order valence-electron chi connectivity index (χ0n) is 17.6. The summed E-state index contributed by atoms with van der Waals surface area (Å²) in [5.74, 6) is 0.513. The fourth-order valence-electron chi connectivity index (χ4n) is 3.23. The van der Waals surface area contributed by atoms with Crippen molar-refractivity contribution in [1.29, 1.82) is 0 Å². The van der Waals surface area contributed by atoms with Crippen molar-refractivity contribution >= 4 is 46.7 Å². The number of carbonyl (C=O) groups excluding carboxylic acids is 2. The first-order valence-electron chi connectivity index (χ1n) is 10.2. The normalized spacial score (nSPS) is 11.0. The van der Waals surface area contributed by atoms with Crippen LogP contribution in [0.25, 0.3) is 17.4 Å². The maximum Gasteiger partial charge on any atom is 0.248 e. The van der Waals surface area contributed by atoms with Gasteiger partial charge in [-0.1, -0.05) is 65.7 Å². The highest BCUT2D eigenvalue weighted by Gasteiger charge is 2.15. The smallest absolute Gasteiger partial charge is 0.248 e. The molecule has 4 nitrogen and oxygen atoms in total. The largest absolute Gasteiger partial charge is 0.457 e. The van der Waals surface area contributed by atoms with Crippen LogP contribution in [0, 0.1) is 6.92 Å². The van der Waals surface area contributed by atoms with Crippen LogP contribution in [0.4, 0.5) is 5.69 Å². The van der Waals surface area contributed by atoms with Gasteiger partial charge >= 0.3 is 0 Å². The van der Waals surface area contributed by atoms with E-state index in [2.05, 4.69) is 5.32 Å². The molecule has 0 radical (unpaired) electrons. The van der Waals surface area contributed by atoms with Crippen molar-refractivity contribution in [2.24, 2.45) is 0 Å². The second-order valence-electron chi connectivity index (χ2n) is 7.37. The number of nitrogens with one attached hydrogen (secondary N) is 1. The van der Waals surface area contributed by atoms with Crippen LogP contribution >= 0.6 is 23.2 Å². The molecular formula is C27H19Cl2NO3. The molecule has 0 bridgehead atoms. The summed E-state index contributed by atoms with van der Waals surface area (Å²) in [5.41, 5.74) is 3.02. The van der Waals surface area contributed by atoms with Crippen molar-refractivity contribution in [2.75, 3.05) is 5.32 Å². The van der Waals surface area contributed by atoms with Gasteiger partial charge in [0.2, 0.25) is 5.91 Å². The van der Waals surface area contributed by atoms with Crippen molar-refractivity contribution in [2.45, 2.75) is 6.92 Å². The number of furan rings is 1. The molecule has 1 amide bonds. The number of amides is 1. The van der Waals surface area contributed by atoms with Crippen LogP contribution < -0.4 is 5.32 Å². The summed E-state index contributed by atoms with van der Waals surface area (Å²) < 4.78 is 5.80. The van der Waals surface area contributed by atoms with E-state index in [4.69, 9.17) is 27.6 Å². The van der Waals surface area contributed by atoms with Gasteiger partial charge in [-0.15, -0.1) is 0 Å². The van der Waals surface area contributed by atoms with Gasteiger partial charge in [-0.2, -0.15) is 0 Å². The Labute approximate surface area is 201 Å². The average molecular weight is 476 g/mol. The van der Waals surface area contributed by atoms with E-state index in [1.54, 1.807) is 54.6 Å². The molecule has 6 heteroatoms. The molecule has 3 aromatic carbocycles. The summed E-state index contributed by atoms with van der Waals surface area (Å²) in [5, 5.41) is 3.81. The van der Waals surface area contributed by atoms with Gasteiger partial charge in [-0.25, -0.2) is 0 Å². The lowest BCUT2D eigenvalue weighted by atomic mass is 10.0. The van der Waals surface area contributed by atoms with E-state index in [1.807, 2.05) is 37.3 Å². The monoisotopic (exact) mass is 475 g/mol. The summed E-state index contributed by atoms with van der Waals surface area (Å²) in [7, 11) is 0. The van der Waals surface area contributed by atoms with Gasteiger partial charge in [0.25, 0.3) is 0 Å². The van der Waals surface area contributed by atoms with Crippen LogP contribution in [0.5, 0.6) is 0 Å². The molecule has 1 N–H and O–H groups in total. The highest BCUT2D eigenvalue weighted by molar-refractivity contribution is 6.32. The number of carbonyl (C=O) groups is 2. The van der Waals surface area contributed by atoms with E-state index in [0.29, 0.717) is 38.4 Å². The highest BCUT2D eigenvalue weighted by atomic mass is 35.5. The molecule has 164 valence electrons. The molecule has 4 rings (SSSR count). The van der Waals surface area contributed by atoms with Gasteiger partial charge in [0, 0.05) is 32.8 Å². The fourth-order valence-corrected chi connectivity index (χ4v) is 3.59. The highest BCUT2D eigenvalue weighted by Crippen LogP contribution is 2.27. The molecule has 0 aliphatic carbocycles. The Morgan fingerprint density at radius 1 is 0.909 bits per heavy atom.